The van der Waals surface area contributed by atoms with Crippen LogP contribution in [0.25, 0.3) is 17.0 Å². The molecule has 0 amide bonds. The highest BCUT2D eigenvalue weighted by atomic mass is 15.1. The van der Waals surface area contributed by atoms with E-state index in [2.05, 4.69) is 36.1 Å². The van der Waals surface area contributed by atoms with Gasteiger partial charge in [0, 0.05) is 19.5 Å². The molecule has 2 aromatic rings. The highest BCUT2D eigenvalue weighted by molar-refractivity contribution is 5.89. The molecule has 27 heavy (non-hydrogen) atoms. The molecule has 1 heterocycles. The summed E-state index contributed by atoms with van der Waals surface area (Å²) in [6.45, 7) is 6.33. The molecule has 1 aliphatic rings. The lowest BCUT2D eigenvalue weighted by atomic mass is 9.79. The topological polar surface area (TPSA) is 29.0 Å². The van der Waals surface area contributed by atoms with Gasteiger partial charge in [-0.05, 0) is 42.9 Å². The van der Waals surface area contributed by atoms with Crippen molar-refractivity contribution >= 4 is 22.8 Å². The molecule has 3 rings (SSSR count). The first-order valence-electron chi connectivity index (χ1n) is 10.8. The van der Waals surface area contributed by atoms with Crippen LogP contribution >= 0.6 is 0 Å². The van der Waals surface area contributed by atoms with Crippen LogP contribution in [0.1, 0.15) is 71.5 Å². The zero-order chi connectivity index (χ0) is 19.6. The van der Waals surface area contributed by atoms with Crippen LogP contribution in [0.5, 0.6) is 0 Å². The van der Waals surface area contributed by atoms with Crippen molar-refractivity contribution < 1.29 is 0 Å². The SMILES string of the molecule is CC.CCC1CCC(CC/C=C/c2nc(N(C)C)c3ccccc3n2)CC1. The second-order valence-corrected chi connectivity index (χ2v) is 7.59. The third-order valence-corrected chi connectivity index (χ3v) is 5.58. The minimum atomic E-state index is 0.817. The molecular formula is C24H37N3. The van der Waals surface area contributed by atoms with Gasteiger partial charge in [-0.3, -0.25) is 0 Å². The summed E-state index contributed by atoms with van der Waals surface area (Å²) >= 11 is 0. The number of anilines is 1. The molecule has 0 atom stereocenters. The monoisotopic (exact) mass is 367 g/mol. The van der Waals surface area contributed by atoms with Crippen molar-refractivity contribution in [3.63, 3.8) is 0 Å². The largest absolute Gasteiger partial charge is 0.362 e. The third-order valence-electron chi connectivity index (χ3n) is 5.58. The van der Waals surface area contributed by atoms with Gasteiger partial charge in [0.2, 0.25) is 0 Å². The van der Waals surface area contributed by atoms with E-state index in [-0.39, 0.29) is 0 Å². The van der Waals surface area contributed by atoms with Crippen molar-refractivity contribution in [3.05, 3.63) is 36.2 Å². The number of hydrogen-bond donors (Lipinski definition) is 0. The Morgan fingerprint density at radius 1 is 1.00 bits per heavy atom. The van der Waals surface area contributed by atoms with E-state index in [9.17, 15) is 0 Å². The van der Waals surface area contributed by atoms with E-state index in [0.717, 1.165) is 40.8 Å². The summed E-state index contributed by atoms with van der Waals surface area (Å²) in [5, 5.41) is 1.11. The number of nitrogens with zero attached hydrogens (tertiary/aromatic N) is 3. The van der Waals surface area contributed by atoms with Crippen molar-refractivity contribution in [1.29, 1.82) is 0 Å². The molecule has 1 fully saturated rings. The van der Waals surface area contributed by atoms with Crippen molar-refractivity contribution in [2.45, 2.75) is 65.7 Å². The van der Waals surface area contributed by atoms with E-state index in [0.29, 0.717) is 0 Å². The summed E-state index contributed by atoms with van der Waals surface area (Å²) in [5.74, 6) is 3.71. The summed E-state index contributed by atoms with van der Waals surface area (Å²) in [4.78, 5) is 11.5. The number of aromatic nitrogens is 2. The second kappa shape index (κ2) is 11.1. The number of benzene rings is 1. The lowest BCUT2D eigenvalue weighted by molar-refractivity contribution is 0.260. The predicted octanol–water partition coefficient (Wildman–Crippen LogP) is 6.73. The van der Waals surface area contributed by atoms with Crippen LogP contribution < -0.4 is 4.90 Å². The lowest BCUT2D eigenvalue weighted by Crippen LogP contribution is -2.13. The van der Waals surface area contributed by atoms with E-state index < -0.39 is 0 Å². The highest BCUT2D eigenvalue weighted by Crippen LogP contribution is 2.33. The van der Waals surface area contributed by atoms with Crippen molar-refractivity contribution in [1.82, 2.24) is 9.97 Å². The molecule has 1 aromatic carbocycles. The zero-order valence-electron chi connectivity index (χ0n) is 17.9. The van der Waals surface area contributed by atoms with Crippen molar-refractivity contribution in [2.24, 2.45) is 11.8 Å². The standard InChI is InChI=1S/C22H31N3.C2H6/c1-4-17-13-15-18(16-14-17)9-5-8-12-21-23-20-11-7-6-10-19(20)22(24-21)25(2)3;1-2/h6-8,10-12,17-18H,4-5,9,13-16H2,1-3H3;1-2H3/b12-8+;. The Labute approximate surface area is 165 Å². The molecule has 1 aromatic heterocycles. The summed E-state index contributed by atoms with van der Waals surface area (Å²) in [6.07, 6.45) is 13.9. The number of allylic oxidation sites excluding steroid dienone is 1. The van der Waals surface area contributed by atoms with Gasteiger partial charge >= 0.3 is 0 Å². The van der Waals surface area contributed by atoms with Crippen LogP contribution in [-0.4, -0.2) is 24.1 Å². The number of hydrogen-bond acceptors (Lipinski definition) is 3. The Balaban J connectivity index is 0.00000126. The molecule has 0 aliphatic heterocycles. The number of rotatable bonds is 6. The average molecular weight is 368 g/mol. The zero-order valence-corrected chi connectivity index (χ0v) is 17.9. The summed E-state index contributed by atoms with van der Waals surface area (Å²) in [5.41, 5.74) is 1.01. The normalized spacial score (nSPS) is 19.7. The maximum absolute atomic E-state index is 4.73. The minimum absolute atomic E-state index is 0.817. The first-order chi connectivity index (χ1) is 13.2. The Kier molecular flexibility index (Phi) is 8.77. The molecule has 0 saturated heterocycles. The van der Waals surface area contributed by atoms with Gasteiger partial charge in [-0.15, -0.1) is 0 Å². The van der Waals surface area contributed by atoms with E-state index in [4.69, 9.17) is 9.97 Å². The summed E-state index contributed by atoms with van der Waals surface area (Å²) < 4.78 is 0. The van der Waals surface area contributed by atoms with Crippen LogP contribution in [0.4, 0.5) is 5.82 Å². The fourth-order valence-electron chi connectivity index (χ4n) is 3.94. The van der Waals surface area contributed by atoms with Crippen LogP contribution in [0.15, 0.2) is 30.3 Å². The Bertz CT molecular complexity index is 713. The molecule has 3 nitrogen and oxygen atoms in total. The van der Waals surface area contributed by atoms with E-state index in [1.54, 1.807) is 0 Å². The van der Waals surface area contributed by atoms with Crippen molar-refractivity contribution in [3.8, 4) is 0 Å². The molecule has 0 N–H and O–H groups in total. The molecule has 148 valence electrons. The quantitative estimate of drug-likeness (QED) is 0.566. The third kappa shape index (κ3) is 6.05. The molecule has 0 unspecified atom stereocenters. The smallest absolute Gasteiger partial charge is 0.154 e. The molecule has 3 heteroatoms. The van der Waals surface area contributed by atoms with E-state index in [1.165, 1.54) is 38.5 Å². The van der Waals surface area contributed by atoms with Gasteiger partial charge in [0.1, 0.15) is 5.82 Å². The van der Waals surface area contributed by atoms with Gasteiger partial charge in [0.15, 0.2) is 5.82 Å². The van der Waals surface area contributed by atoms with E-state index >= 15 is 0 Å². The lowest BCUT2D eigenvalue weighted by Gasteiger charge is -2.27. The molecular weight excluding hydrogens is 330 g/mol. The van der Waals surface area contributed by atoms with E-state index in [1.807, 2.05) is 40.1 Å². The summed E-state index contributed by atoms with van der Waals surface area (Å²) in [6, 6.07) is 8.23. The van der Waals surface area contributed by atoms with Gasteiger partial charge in [0.25, 0.3) is 0 Å². The maximum atomic E-state index is 4.73. The Hall–Kier alpha value is -1.90. The van der Waals surface area contributed by atoms with Crippen LogP contribution in [0, 0.1) is 11.8 Å². The fraction of sp³-hybridized carbons (Fsp3) is 0.583. The highest BCUT2D eigenvalue weighted by Gasteiger charge is 2.19. The Morgan fingerprint density at radius 2 is 1.67 bits per heavy atom. The summed E-state index contributed by atoms with van der Waals surface area (Å²) in [7, 11) is 4.07. The molecule has 0 bridgehead atoms. The van der Waals surface area contributed by atoms with Gasteiger partial charge in [-0.2, -0.15) is 0 Å². The molecule has 1 aliphatic carbocycles. The number of fused-ring (bicyclic) bond motifs is 1. The van der Waals surface area contributed by atoms with Gasteiger partial charge in [-0.25, -0.2) is 9.97 Å². The predicted molar refractivity (Wildman–Crippen MR) is 119 cm³/mol. The molecule has 1 saturated carbocycles. The first kappa shape index (κ1) is 21.4. The van der Waals surface area contributed by atoms with Crippen LogP contribution in [0.3, 0.4) is 0 Å². The van der Waals surface area contributed by atoms with Gasteiger partial charge in [-0.1, -0.05) is 71.1 Å². The number of para-hydroxylation sites is 1. The fourth-order valence-corrected chi connectivity index (χ4v) is 3.94. The second-order valence-electron chi connectivity index (χ2n) is 7.59. The maximum Gasteiger partial charge on any atom is 0.154 e. The van der Waals surface area contributed by atoms with Crippen molar-refractivity contribution in [2.75, 3.05) is 19.0 Å². The molecule has 0 radical (unpaired) electrons. The first-order valence-corrected chi connectivity index (χ1v) is 10.8. The van der Waals surface area contributed by atoms with Gasteiger partial charge in [0.05, 0.1) is 5.52 Å². The van der Waals surface area contributed by atoms with Gasteiger partial charge < -0.3 is 4.90 Å². The average Bonchev–Trinajstić information content (AvgIpc) is 2.72. The molecule has 0 spiro atoms. The minimum Gasteiger partial charge on any atom is -0.362 e. The van der Waals surface area contributed by atoms with Crippen LogP contribution in [0.2, 0.25) is 0 Å². The van der Waals surface area contributed by atoms with Crippen LogP contribution in [-0.2, 0) is 0 Å². The Morgan fingerprint density at radius 3 is 2.33 bits per heavy atom.